The Balaban J connectivity index is 0.000000114. The Hall–Kier alpha value is -12.6. The van der Waals surface area contributed by atoms with Crippen molar-refractivity contribution in [3.05, 3.63) is 279 Å². The van der Waals surface area contributed by atoms with Crippen LogP contribution < -0.4 is 33.2 Å². The number of hydrogen-bond donors (Lipinski definition) is 0. The van der Waals surface area contributed by atoms with E-state index in [1.165, 1.54) is 12.1 Å². The van der Waals surface area contributed by atoms with Gasteiger partial charge in [-0.15, -0.1) is 0 Å². The number of aromatic nitrogens is 7. The number of halogens is 2. The molecule has 0 radical (unpaired) electrons. The molecule has 9 aliphatic heterocycles. The van der Waals surface area contributed by atoms with Gasteiger partial charge in [0, 0.05) is 208 Å². The fraction of sp³-hybridized carbons (Fsp3) is 0.363. The number of rotatable bonds is 8. The van der Waals surface area contributed by atoms with Gasteiger partial charge >= 0.3 is 0 Å². The Bertz CT molecular complexity index is 6180. The molecule has 0 N–H and O–H groups in total. The van der Waals surface area contributed by atoms with E-state index in [2.05, 4.69) is 84.3 Å². The number of likely N-dealkylation sites (tertiary alicyclic amines) is 4. The minimum atomic E-state index is -0.530. The molecule has 0 atom stereocenters. The molecule has 12 aromatic rings. The molecule has 0 saturated carbocycles. The van der Waals surface area contributed by atoms with Crippen molar-refractivity contribution in [3.8, 4) is 79.7 Å². The Morgan fingerprint density at radius 2 is 0.968 bits per heavy atom. The normalized spacial score (nSPS) is 17.4. The van der Waals surface area contributed by atoms with Gasteiger partial charge in [-0.25, -0.2) is 4.39 Å². The first-order valence-corrected chi connectivity index (χ1v) is 44.3. The Morgan fingerprint density at radius 1 is 0.484 bits per heavy atom. The minimum absolute atomic E-state index is 0.0364. The van der Waals surface area contributed by atoms with Crippen molar-refractivity contribution in [2.45, 2.75) is 160 Å². The van der Waals surface area contributed by atoms with Crippen LogP contribution in [0.3, 0.4) is 0 Å². The zero-order valence-electron chi connectivity index (χ0n) is 73.6. The van der Waals surface area contributed by atoms with Crippen LogP contribution in [0.5, 0.6) is 40.2 Å². The molecule has 0 bridgehead atoms. The van der Waals surface area contributed by atoms with E-state index in [1.54, 1.807) is 13.2 Å². The molecule has 4 fully saturated rings. The number of piperidine rings is 4. The summed E-state index contributed by atoms with van der Waals surface area (Å²) < 4.78 is 65.2. The Morgan fingerprint density at radius 3 is 1.52 bits per heavy atom. The standard InChI is InChI=1S/C28H33N3O3.C26H28ClN3O3.C26H27N3O3.C22H19FN2O2/c1-6-31-25-20-9-7-8-10-23(20)34-28(22(25)18-29-31)13-15-30(16-14-28)26(32)19-11-12-21(27(2,3)4)24(17-19)33-5;1-16(2)32-22-8-5-18(13-17(22)3)25(31)30-11-9-26(10-12-30)21-15-28-29(4)24(21)20-7-6-19(27)14-23(20)33-26;1-25(2)16-31-22-9-8-17(14-19(22)25)24(30)29-12-10-26(11-13-29)20-15-27-28(3)23(20)18-6-4-5-7-21(18)32-26;23-17-8-9-18-19(15-17)27-22(20-7-4-12-25(18)20)10-13-24(14-11-22)21(26)16-5-2-1-3-6-16/h7-12,17-18H,6,13-16H2,1-5H3;5-8,13-16H,9-12H2,1-4H3;4-9,14-15H,10-13,16H2,1-3H3;1-9,12,15H,10-11,13-14H2. The maximum atomic E-state index is 13.8. The second-order valence-electron chi connectivity index (χ2n) is 36.4. The van der Waals surface area contributed by atoms with Crippen LogP contribution in [0.1, 0.15) is 187 Å². The fourth-order valence-corrected chi connectivity index (χ4v) is 20.0. The van der Waals surface area contributed by atoms with Gasteiger partial charge in [-0.05, 0) is 172 Å². The van der Waals surface area contributed by atoms with E-state index in [0.717, 1.165) is 151 Å². The second kappa shape index (κ2) is 33.0. The highest BCUT2D eigenvalue weighted by atomic mass is 35.5. The number of para-hydroxylation sites is 2. The molecule has 22 nitrogen and oxygen atoms in total. The number of amides is 4. The number of ether oxygens (including phenoxy) is 7. The topological polar surface area (TPSA) is 204 Å². The van der Waals surface area contributed by atoms with Crippen LogP contribution in [0.25, 0.3) is 39.5 Å². The molecular formula is C102H107ClFN11O11. The zero-order chi connectivity index (χ0) is 87.9. The Kier molecular flexibility index (Phi) is 22.1. The summed E-state index contributed by atoms with van der Waals surface area (Å²) in [6.07, 6.45) is 13.5. The van der Waals surface area contributed by atoms with Gasteiger partial charge in [0.25, 0.3) is 23.6 Å². The zero-order valence-corrected chi connectivity index (χ0v) is 74.4. The van der Waals surface area contributed by atoms with Crippen LogP contribution in [0, 0.1) is 12.7 Å². The lowest BCUT2D eigenvalue weighted by atomic mass is 9.80. The largest absolute Gasteiger partial charge is 0.496 e. The monoisotopic (exact) mass is 1720 g/mol. The van der Waals surface area contributed by atoms with Crippen LogP contribution in [0.15, 0.2) is 207 Å². The lowest BCUT2D eigenvalue weighted by Gasteiger charge is -2.45. The Labute approximate surface area is 739 Å². The smallest absolute Gasteiger partial charge is 0.253 e. The predicted molar refractivity (Wildman–Crippen MR) is 481 cm³/mol. The summed E-state index contributed by atoms with van der Waals surface area (Å²) in [5.41, 5.74) is 15.6. The predicted octanol–water partition coefficient (Wildman–Crippen LogP) is 19.2. The minimum Gasteiger partial charge on any atom is -0.496 e. The van der Waals surface area contributed by atoms with Gasteiger partial charge in [0.15, 0.2) is 5.60 Å². The van der Waals surface area contributed by atoms with Gasteiger partial charge in [0.2, 0.25) is 0 Å². The maximum absolute atomic E-state index is 13.8. The van der Waals surface area contributed by atoms with E-state index in [0.29, 0.717) is 112 Å². The molecular weight excluding hydrogens is 1610 g/mol. The van der Waals surface area contributed by atoms with Gasteiger partial charge in [-0.3, -0.25) is 33.2 Å². The molecule has 650 valence electrons. The fourth-order valence-electron chi connectivity index (χ4n) is 19.8. The van der Waals surface area contributed by atoms with Gasteiger partial charge < -0.3 is 57.3 Å². The first-order valence-electron chi connectivity index (χ1n) is 43.9. The average molecular weight is 1720 g/mol. The maximum Gasteiger partial charge on any atom is 0.253 e. The van der Waals surface area contributed by atoms with E-state index in [9.17, 15) is 23.6 Å². The summed E-state index contributed by atoms with van der Waals surface area (Å²) >= 11 is 6.26. The van der Waals surface area contributed by atoms with E-state index in [1.807, 2.05) is 234 Å². The molecule has 4 amide bonds. The first-order chi connectivity index (χ1) is 60.6. The van der Waals surface area contributed by atoms with E-state index < -0.39 is 22.4 Å². The van der Waals surface area contributed by atoms with Gasteiger partial charge in [-0.1, -0.05) is 94.8 Å². The van der Waals surface area contributed by atoms with Crippen LogP contribution in [0.4, 0.5) is 4.39 Å². The number of aryl methyl sites for hydroxylation is 4. The number of carbonyl (C=O) groups excluding carboxylic acids is 4. The SMILES string of the molecule is CCn1ncc2c1-c1ccccc1OC21CCN(C(=O)c2ccc(C(C)(C)C)c(OC)c2)CC1.Cc1cc(C(=O)N2CCC3(CC2)Oc2cc(Cl)ccc2-c2c3cnn2C)ccc1OC(C)C.Cn1ncc2c1-c1ccccc1OC21CCN(C(=O)c2ccc3c(c2)C(C)(C)CO3)CC1.O=C(c1ccccc1)N1CCC2(CC1)Oc1cc(F)ccc1-n1cccc12. The van der Waals surface area contributed by atoms with Crippen molar-refractivity contribution in [1.82, 2.24) is 53.5 Å². The third-order valence-electron chi connectivity index (χ3n) is 26.6. The number of benzene rings is 8. The van der Waals surface area contributed by atoms with Crippen LogP contribution >= 0.6 is 11.6 Å². The summed E-state index contributed by atoms with van der Waals surface area (Å²) in [4.78, 5) is 60.4. The lowest BCUT2D eigenvalue weighted by molar-refractivity contribution is -0.00960. The highest BCUT2D eigenvalue weighted by molar-refractivity contribution is 6.30. The summed E-state index contributed by atoms with van der Waals surface area (Å²) in [5.74, 6) is 5.47. The molecule has 126 heavy (non-hydrogen) atoms. The van der Waals surface area contributed by atoms with Crippen molar-refractivity contribution >= 4 is 35.2 Å². The van der Waals surface area contributed by atoms with Crippen molar-refractivity contribution in [3.63, 3.8) is 0 Å². The number of carbonyl (C=O) groups is 4. The lowest BCUT2D eigenvalue weighted by Crippen LogP contribution is -2.50. The van der Waals surface area contributed by atoms with Crippen LogP contribution in [-0.4, -0.2) is 149 Å². The van der Waals surface area contributed by atoms with Crippen molar-refractivity contribution < 1.29 is 56.7 Å². The number of nitrogens with zero attached hydrogens (tertiary/aromatic N) is 11. The summed E-state index contributed by atoms with van der Waals surface area (Å²) in [6, 6.07) is 57.4. The third kappa shape index (κ3) is 15.3. The number of methoxy groups -OCH3 is 1. The third-order valence-corrected chi connectivity index (χ3v) is 26.9. The van der Waals surface area contributed by atoms with Gasteiger partial charge in [0.05, 0.1) is 66.9 Å². The first kappa shape index (κ1) is 84.2. The van der Waals surface area contributed by atoms with Crippen molar-refractivity contribution in [2.75, 3.05) is 66.1 Å². The molecule has 4 saturated heterocycles. The molecule has 21 rings (SSSR count). The quantitative estimate of drug-likeness (QED) is 0.139. The summed E-state index contributed by atoms with van der Waals surface area (Å²) in [6.45, 7) is 25.2. The summed E-state index contributed by atoms with van der Waals surface area (Å²) in [7, 11) is 5.59. The second-order valence-corrected chi connectivity index (χ2v) is 36.8. The highest BCUT2D eigenvalue weighted by Gasteiger charge is 2.51. The molecule has 13 heterocycles. The number of hydrogen-bond acceptors (Lipinski definition) is 14. The van der Waals surface area contributed by atoms with Gasteiger partial charge in [-0.2, -0.15) is 15.3 Å². The van der Waals surface area contributed by atoms with E-state index in [4.69, 9.17) is 44.8 Å². The molecule has 4 aromatic heterocycles. The number of fused-ring (bicyclic) bond motifs is 17. The van der Waals surface area contributed by atoms with E-state index >= 15 is 0 Å². The molecule has 9 aliphatic rings. The molecule has 24 heteroatoms. The van der Waals surface area contributed by atoms with Gasteiger partial charge in [0.1, 0.15) is 62.9 Å². The summed E-state index contributed by atoms with van der Waals surface area (Å²) in [5, 5.41) is 14.4. The van der Waals surface area contributed by atoms with E-state index in [-0.39, 0.29) is 46.4 Å². The highest BCUT2D eigenvalue weighted by Crippen LogP contribution is 2.55. The molecule has 0 unspecified atom stereocenters. The van der Waals surface area contributed by atoms with Crippen molar-refractivity contribution in [1.29, 1.82) is 0 Å². The van der Waals surface area contributed by atoms with Crippen molar-refractivity contribution in [2.24, 2.45) is 14.1 Å². The molecule has 0 aliphatic carbocycles. The molecule has 4 spiro atoms. The average Bonchev–Trinajstić information content (AvgIpc) is 1.43. The van der Waals surface area contributed by atoms with Crippen LogP contribution in [-0.2, 0) is 53.9 Å². The molecule has 8 aromatic carbocycles. The van der Waals surface area contributed by atoms with Crippen LogP contribution in [0.2, 0.25) is 5.02 Å².